The van der Waals surface area contributed by atoms with Gasteiger partial charge >= 0.3 is 0 Å². The van der Waals surface area contributed by atoms with Gasteiger partial charge in [0.25, 0.3) is 0 Å². The molecule has 2 aromatic rings. The summed E-state index contributed by atoms with van der Waals surface area (Å²) < 4.78 is 0.864. The lowest BCUT2D eigenvalue weighted by atomic mass is 10.1. The zero-order valence-corrected chi connectivity index (χ0v) is 13.4. The SMILES string of the molecule is Nc1cnc(Nc2ccc(N3CCCCC3)cc2)c(Br)c1. The molecule has 21 heavy (non-hydrogen) atoms. The Kier molecular flexibility index (Phi) is 4.29. The number of anilines is 4. The minimum absolute atomic E-state index is 0.646. The van der Waals surface area contributed by atoms with Crippen molar-refractivity contribution in [3.63, 3.8) is 0 Å². The van der Waals surface area contributed by atoms with Crippen LogP contribution in [0.1, 0.15) is 19.3 Å². The van der Waals surface area contributed by atoms with Crippen molar-refractivity contribution >= 4 is 38.8 Å². The molecule has 2 heterocycles. The number of piperidine rings is 1. The van der Waals surface area contributed by atoms with E-state index in [1.807, 2.05) is 6.07 Å². The molecule has 1 aromatic carbocycles. The Bertz CT molecular complexity index is 606. The number of nitrogens with two attached hydrogens (primary N) is 1. The summed E-state index contributed by atoms with van der Waals surface area (Å²) in [7, 11) is 0. The monoisotopic (exact) mass is 346 g/mol. The first-order valence-corrected chi connectivity index (χ1v) is 8.05. The topological polar surface area (TPSA) is 54.2 Å². The average molecular weight is 347 g/mol. The molecular weight excluding hydrogens is 328 g/mol. The van der Waals surface area contributed by atoms with Crippen LogP contribution in [-0.2, 0) is 0 Å². The van der Waals surface area contributed by atoms with Gasteiger partial charge in [-0.05, 0) is 65.5 Å². The Labute approximate surface area is 133 Å². The van der Waals surface area contributed by atoms with Crippen LogP contribution in [0.25, 0.3) is 0 Å². The number of nitrogens with one attached hydrogen (secondary N) is 1. The van der Waals surface area contributed by atoms with E-state index in [1.165, 1.54) is 24.9 Å². The van der Waals surface area contributed by atoms with E-state index in [1.54, 1.807) is 6.20 Å². The number of benzene rings is 1. The lowest BCUT2D eigenvalue weighted by molar-refractivity contribution is 0.578. The van der Waals surface area contributed by atoms with Crippen LogP contribution < -0.4 is 16.0 Å². The third kappa shape index (κ3) is 3.47. The van der Waals surface area contributed by atoms with Gasteiger partial charge in [0.05, 0.1) is 16.4 Å². The highest BCUT2D eigenvalue weighted by atomic mass is 79.9. The van der Waals surface area contributed by atoms with Crippen molar-refractivity contribution < 1.29 is 0 Å². The van der Waals surface area contributed by atoms with Gasteiger partial charge in [-0.2, -0.15) is 0 Å². The van der Waals surface area contributed by atoms with Crippen LogP contribution in [0.15, 0.2) is 41.0 Å². The molecule has 0 aliphatic carbocycles. The molecule has 0 unspecified atom stereocenters. The third-order valence-corrected chi connectivity index (χ3v) is 4.32. The minimum Gasteiger partial charge on any atom is -0.397 e. The quantitative estimate of drug-likeness (QED) is 0.875. The summed E-state index contributed by atoms with van der Waals surface area (Å²) in [5, 5.41) is 3.30. The molecule has 0 amide bonds. The van der Waals surface area contributed by atoms with E-state index < -0.39 is 0 Å². The van der Waals surface area contributed by atoms with Crippen LogP contribution in [0.5, 0.6) is 0 Å². The summed E-state index contributed by atoms with van der Waals surface area (Å²) in [5.74, 6) is 0.773. The molecule has 1 saturated heterocycles. The highest BCUT2D eigenvalue weighted by molar-refractivity contribution is 9.10. The number of rotatable bonds is 3. The number of hydrogen-bond donors (Lipinski definition) is 2. The Morgan fingerprint density at radius 3 is 2.48 bits per heavy atom. The van der Waals surface area contributed by atoms with Crippen LogP contribution >= 0.6 is 15.9 Å². The molecule has 4 nitrogen and oxygen atoms in total. The highest BCUT2D eigenvalue weighted by Gasteiger charge is 2.10. The Balaban J connectivity index is 1.71. The number of halogens is 1. The predicted octanol–water partition coefficient (Wildman–Crippen LogP) is 4.16. The highest BCUT2D eigenvalue weighted by Crippen LogP contribution is 2.27. The maximum absolute atomic E-state index is 5.70. The zero-order chi connectivity index (χ0) is 14.7. The Morgan fingerprint density at radius 2 is 1.81 bits per heavy atom. The molecular formula is C16H19BrN4. The second-order valence-corrected chi connectivity index (χ2v) is 6.17. The number of hydrogen-bond acceptors (Lipinski definition) is 4. The van der Waals surface area contributed by atoms with Gasteiger partial charge in [-0.3, -0.25) is 0 Å². The van der Waals surface area contributed by atoms with E-state index in [4.69, 9.17) is 5.73 Å². The van der Waals surface area contributed by atoms with Gasteiger partial charge in [-0.15, -0.1) is 0 Å². The van der Waals surface area contributed by atoms with Crippen LogP contribution in [0, 0.1) is 0 Å². The van der Waals surface area contributed by atoms with Crippen molar-refractivity contribution in [2.24, 2.45) is 0 Å². The maximum atomic E-state index is 5.70. The van der Waals surface area contributed by atoms with Crippen LogP contribution in [0.3, 0.4) is 0 Å². The summed E-state index contributed by atoms with van der Waals surface area (Å²) in [5.41, 5.74) is 8.66. The first-order valence-electron chi connectivity index (χ1n) is 7.25. The van der Waals surface area contributed by atoms with Crippen LogP contribution in [0.2, 0.25) is 0 Å². The maximum Gasteiger partial charge on any atom is 0.144 e. The molecule has 0 bridgehead atoms. The van der Waals surface area contributed by atoms with Gasteiger partial charge in [0.1, 0.15) is 5.82 Å². The van der Waals surface area contributed by atoms with E-state index >= 15 is 0 Å². The molecule has 1 aliphatic rings. The van der Waals surface area contributed by atoms with Crippen molar-refractivity contribution in [3.05, 3.63) is 41.0 Å². The molecule has 5 heteroatoms. The number of nitrogen functional groups attached to an aromatic ring is 1. The van der Waals surface area contributed by atoms with Crippen molar-refractivity contribution in [2.45, 2.75) is 19.3 Å². The fourth-order valence-electron chi connectivity index (χ4n) is 2.59. The van der Waals surface area contributed by atoms with Gasteiger partial charge < -0.3 is 16.0 Å². The smallest absolute Gasteiger partial charge is 0.144 e. The fourth-order valence-corrected chi connectivity index (χ4v) is 3.05. The summed E-state index contributed by atoms with van der Waals surface area (Å²) >= 11 is 3.47. The first-order chi connectivity index (χ1) is 10.2. The molecule has 0 atom stereocenters. The summed E-state index contributed by atoms with van der Waals surface area (Å²) in [4.78, 5) is 6.74. The van der Waals surface area contributed by atoms with E-state index in [2.05, 4.69) is 55.4 Å². The van der Waals surface area contributed by atoms with Crippen molar-refractivity contribution in [3.8, 4) is 0 Å². The fraction of sp³-hybridized carbons (Fsp3) is 0.312. The second kappa shape index (κ2) is 6.35. The van der Waals surface area contributed by atoms with Gasteiger partial charge in [0.15, 0.2) is 0 Å². The number of nitrogens with zero attached hydrogens (tertiary/aromatic N) is 2. The van der Waals surface area contributed by atoms with E-state index in [0.29, 0.717) is 5.69 Å². The number of aromatic nitrogens is 1. The van der Waals surface area contributed by atoms with Gasteiger partial charge in [-0.25, -0.2) is 4.98 Å². The molecule has 110 valence electrons. The van der Waals surface area contributed by atoms with Crippen molar-refractivity contribution in [2.75, 3.05) is 29.0 Å². The molecule has 1 aliphatic heterocycles. The molecule has 3 N–H and O–H groups in total. The average Bonchev–Trinajstić information content (AvgIpc) is 2.52. The van der Waals surface area contributed by atoms with E-state index in [9.17, 15) is 0 Å². The van der Waals surface area contributed by atoms with Crippen molar-refractivity contribution in [1.82, 2.24) is 4.98 Å². The summed E-state index contributed by atoms with van der Waals surface area (Å²) in [6.45, 7) is 2.33. The van der Waals surface area contributed by atoms with E-state index in [0.717, 1.165) is 29.1 Å². The van der Waals surface area contributed by atoms with Crippen LogP contribution in [0.4, 0.5) is 22.9 Å². The largest absolute Gasteiger partial charge is 0.397 e. The zero-order valence-electron chi connectivity index (χ0n) is 11.8. The minimum atomic E-state index is 0.646. The van der Waals surface area contributed by atoms with E-state index in [-0.39, 0.29) is 0 Å². The molecule has 0 spiro atoms. The summed E-state index contributed by atoms with van der Waals surface area (Å²) in [6, 6.07) is 10.4. The molecule has 1 fully saturated rings. The Hall–Kier alpha value is -1.75. The van der Waals surface area contributed by atoms with Gasteiger partial charge in [0, 0.05) is 24.5 Å². The molecule has 0 radical (unpaired) electrons. The normalized spacial score (nSPS) is 15.0. The molecule has 3 rings (SSSR count). The van der Waals surface area contributed by atoms with Gasteiger partial charge in [0.2, 0.25) is 0 Å². The summed E-state index contributed by atoms with van der Waals surface area (Å²) in [6.07, 6.45) is 5.59. The lowest BCUT2D eigenvalue weighted by Gasteiger charge is -2.28. The predicted molar refractivity (Wildman–Crippen MR) is 92.1 cm³/mol. The molecule has 0 saturated carbocycles. The standard InChI is InChI=1S/C16H19BrN4/c17-15-10-12(18)11-19-16(15)20-13-4-6-14(7-5-13)21-8-2-1-3-9-21/h4-7,10-11H,1-3,8-9,18H2,(H,19,20). The van der Waals surface area contributed by atoms with Crippen molar-refractivity contribution in [1.29, 1.82) is 0 Å². The van der Waals surface area contributed by atoms with Gasteiger partial charge in [-0.1, -0.05) is 0 Å². The Morgan fingerprint density at radius 1 is 1.10 bits per heavy atom. The molecule has 1 aromatic heterocycles. The first kappa shape index (κ1) is 14.2. The van der Waals surface area contributed by atoms with Crippen LogP contribution in [-0.4, -0.2) is 18.1 Å². The second-order valence-electron chi connectivity index (χ2n) is 5.32. The number of pyridine rings is 1. The lowest BCUT2D eigenvalue weighted by Crippen LogP contribution is -2.29. The third-order valence-electron chi connectivity index (χ3n) is 3.71.